The van der Waals surface area contributed by atoms with Crippen LogP contribution in [0.3, 0.4) is 0 Å². The van der Waals surface area contributed by atoms with Crippen LogP contribution in [-0.2, 0) is 0 Å². The number of aromatic hydroxyl groups is 1. The quantitative estimate of drug-likeness (QED) is 0.819. The number of nitrogens with one attached hydrogen (secondary N) is 1. The van der Waals surface area contributed by atoms with E-state index in [1.54, 1.807) is 12.1 Å². The summed E-state index contributed by atoms with van der Waals surface area (Å²) in [6.45, 7) is 2.88. The first-order chi connectivity index (χ1) is 8.33. The lowest BCUT2D eigenvalue weighted by molar-refractivity contribution is 0.118. The van der Waals surface area contributed by atoms with E-state index in [1.807, 2.05) is 6.07 Å². The third kappa shape index (κ3) is 2.23. The van der Waals surface area contributed by atoms with Gasteiger partial charge >= 0.3 is 0 Å². The summed E-state index contributed by atoms with van der Waals surface area (Å²) >= 11 is 0. The maximum Gasteiger partial charge on any atom is 0.128 e. The second-order valence-corrected chi connectivity index (χ2v) is 4.76. The molecule has 0 saturated carbocycles. The average molecular weight is 234 g/mol. The van der Waals surface area contributed by atoms with E-state index < -0.39 is 0 Å². The SMILES string of the molecule is Oc1ccc2c(c1)OCC2NN1CCCCC1. The molecule has 1 aromatic rings. The van der Waals surface area contributed by atoms with Crippen molar-refractivity contribution in [3.63, 3.8) is 0 Å². The predicted octanol–water partition coefficient (Wildman–Crippen LogP) is 1.82. The van der Waals surface area contributed by atoms with Crippen molar-refractivity contribution in [2.75, 3.05) is 19.7 Å². The fourth-order valence-electron chi connectivity index (χ4n) is 2.55. The molecule has 0 radical (unpaired) electrons. The molecule has 2 aliphatic heterocycles. The minimum Gasteiger partial charge on any atom is -0.508 e. The van der Waals surface area contributed by atoms with Crippen LogP contribution < -0.4 is 10.2 Å². The van der Waals surface area contributed by atoms with Gasteiger partial charge in [-0.1, -0.05) is 6.42 Å². The summed E-state index contributed by atoms with van der Waals surface area (Å²) in [5, 5.41) is 11.7. The second kappa shape index (κ2) is 4.55. The van der Waals surface area contributed by atoms with E-state index in [2.05, 4.69) is 10.4 Å². The number of hydrogen-bond acceptors (Lipinski definition) is 4. The molecule has 4 heteroatoms. The maximum absolute atomic E-state index is 9.39. The lowest BCUT2D eigenvalue weighted by atomic mass is 10.1. The van der Waals surface area contributed by atoms with Gasteiger partial charge in [0.05, 0.1) is 6.04 Å². The Labute approximate surface area is 101 Å². The number of phenols is 1. The van der Waals surface area contributed by atoms with E-state index in [9.17, 15) is 5.11 Å². The first kappa shape index (κ1) is 10.9. The highest BCUT2D eigenvalue weighted by Crippen LogP contribution is 2.35. The minimum absolute atomic E-state index is 0.226. The van der Waals surface area contributed by atoms with Crippen molar-refractivity contribution in [1.82, 2.24) is 10.4 Å². The number of hydrogen-bond donors (Lipinski definition) is 2. The second-order valence-electron chi connectivity index (χ2n) is 4.76. The third-order valence-corrected chi connectivity index (χ3v) is 3.47. The molecular formula is C13H18N2O2. The molecule has 1 saturated heterocycles. The van der Waals surface area contributed by atoms with Crippen LogP contribution >= 0.6 is 0 Å². The average Bonchev–Trinajstić information content (AvgIpc) is 2.73. The van der Waals surface area contributed by atoms with E-state index in [1.165, 1.54) is 19.3 Å². The van der Waals surface area contributed by atoms with Crippen LogP contribution in [0.25, 0.3) is 0 Å². The highest BCUT2D eigenvalue weighted by Gasteiger charge is 2.26. The number of rotatable bonds is 2. The van der Waals surface area contributed by atoms with Gasteiger partial charge in [0.2, 0.25) is 0 Å². The summed E-state index contributed by atoms with van der Waals surface area (Å²) in [6, 6.07) is 5.58. The van der Waals surface area contributed by atoms with Crippen molar-refractivity contribution in [1.29, 1.82) is 0 Å². The fourth-order valence-corrected chi connectivity index (χ4v) is 2.55. The Balaban J connectivity index is 1.70. The number of piperidine rings is 1. The molecular weight excluding hydrogens is 216 g/mol. The van der Waals surface area contributed by atoms with Crippen LogP contribution in [0.4, 0.5) is 0 Å². The number of ether oxygens (including phenoxy) is 1. The van der Waals surface area contributed by atoms with Gasteiger partial charge in [-0.3, -0.25) is 0 Å². The van der Waals surface area contributed by atoms with Gasteiger partial charge in [0.15, 0.2) is 0 Å². The Bertz CT molecular complexity index is 402. The van der Waals surface area contributed by atoms with Gasteiger partial charge in [0, 0.05) is 24.7 Å². The molecule has 2 heterocycles. The molecule has 3 rings (SSSR count). The van der Waals surface area contributed by atoms with Gasteiger partial charge in [-0.2, -0.15) is 0 Å². The van der Waals surface area contributed by atoms with Gasteiger partial charge in [-0.05, 0) is 25.0 Å². The standard InChI is InChI=1S/C13H18N2O2/c16-10-4-5-11-12(9-17-13(11)8-10)14-15-6-2-1-3-7-15/h4-5,8,12,14,16H,1-3,6-7,9H2. The van der Waals surface area contributed by atoms with Crippen LogP contribution in [0.1, 0.15) is 30.9 Å². The predicted molar refractivity (Wildman–Crippen MR) is 64.9 cm³/mol. The van der Waals surface area contributed by atoms with E-state index in [-0.39, 0.29) is 11.8 Å². The maximum atomic E-state index is 9.39. The van der Waals surface area contributed by atoms with Crippen molar-refractivity contribution in [3.8, 4) is 11.5 Å². The zero-order chi connectivity index (χ0) is 11.7. The fraction of sp³-hybridized carbons (Fsp3) is 0.538. The summed E-state index contributed by atoms with van der Waals surface area (Å²) in [5.74, 6) is 1.07. The number of hydrazine groups is 1. The van der Waals surface area contributed by atoms with Crippen molar-refractivity contribution in [2.45, 2.75) is 25.3 Å². The van der Waals surface area contributed by atoms with Gasteiger partial charge in [-0.25, -0.2) is 10.4 Å². The first-order valence-corrected chi connectivity index (χ1v) is 6.30. The Kier molecular flexibility index (Phi) is 2.91. The monoisotopic (exact) mass is 234 g/mol. The van der Waals surface area contributed by atoms with Gasteiger partial charge in [0.1, 0.15) is 18.1 Å². The Morgan fingerprint density at radius 1 is 1.24 bits per heavy atom. The highest BCUT2D eigenvalue weighted by molar-refractivity contribution is 5.44. The highest BCUT2D eigenvalue weighted by atomic mass is 16.5. The number of benzene rings is 1. The van der Waals surface area contributed by atoms with Crippen molar-refractivity contribution < 1.29 is 9.84 Å². The van der Waals surface area contributed by atoms with Crippen molar-refractivity contribution >= 4 is 0 Å². The van der Waals surface area contributed by atoms with Gasteiger partial charge < -0.3 is 9.84 Å². The normalized spacial score (nSPS) is 24.4. The molecule has 4 nitrogen and oxygen atoms in total. The molecule has 1 fully saturated rings. The first-order valence-electron chi connectivity index (χ1n) is 6.30. The Hall–Kier alpha value is -1.26. The van der Waals surface area contributed by atoms with E-state index in [0.717, 1.165) is 24.4 Å². The third-order valence-electron chi connectivity index (χ3n) is 3.47. The summed E-state index contributed by atoms with van der Waals surface area (Å²) in [5.41, 5.74) is 4.67. The minimum atomic E-state index is 0.226. The number of nitrogens with zero attached hydrogens (tertiary/aromatic N) is 1. The molecule has 0 spiro atoms. The van der Waals surface area contributed by atoms with Crippen LogP contribution in [0.5, 0.6) is 11.5 Å². The van der Waals surface area contributed by atoms with Crippen LogP contribution in [0, 0.1) is 0 Å². The molecule has 1 atom stereocenters. The summed E-state index contributed by atoms with van der Waals surface area (Å²) < 4.78 is 5.58. The van der Waals surface area contributed by atoms with Crippen LogP contribution in [0.2, 0.25) is 0 Å². The molecule has 0 aromatic heterocycles. The van der Waals surface area contributed by atoms with Gasteiger partial charge in [0.25, 0.3) is 0 Å². The number of fused-ring (bicyclic) bond motifs is 1. The molecule has 0 amide bonds. The van der Waals surface area contributed by atoms with E-state index >= 15 is 0 Å². The smallest absolute Gasteiger partial charge is 0.128 e. The summed E-state index contributed by atoms with van der Waals surface area (Å²) in [6.07, 6.45) is 3.87. The van der Waals surface area contributed by atoms with E-state index in [4.69, 9.17) is 4.74 Å². The largest absolute Gasteiger partial charge is 0.508 e. The summed E-state index contributed by atoms with van der Waals surface area (Å²) in [7, 11) is 0. The molecule has 2 aliphatic rings. The summed E-state index contributed by atoms with van der Waals surface area (Å²) in [4.78, 5) is 0. The van der Waals surface area contributed by atoms with E-state index in [0.29, 0.717) is 6.61 Å². The molecule has 17 heavy (non-hydrogen) atoms. The van der Waals surface area contributed by atoms with Crippen LogP contribution in [0.15, 0.2) is 18.2 Å². The lowest BCUT2D eigenvalue weighted by Gasteiger charge is -2.29. The Morgan fingerprint density at radius 2 is 2.06 bits per heavy atom. The molecule has 2 N–H and O–H groups in total. The zero-order valence-electron chi connectivity index (χ0n) is 9.85. The topological polar surface area (TPSA) is 44.7 Å². The molecule has 0 bridgehead atoms. The zero-order valence-corrected chi connectivity index (χ0v) is 9.85. The van der Waals surface area contributed by atoms with Gasteiger partial charge in [-0.15, -0.1) is 0 Å². The van der Waals surface area contributed by atoms with Crippen molar-refractivity contribution in [3.05, 3.63) is 23.8 Å². The van der Waals surface area contributed by atoms with Crippen molar-refractivity contribution in [2.24, 2.45) is 0 Å². The molecule has 0 aliphatic carbocycles. The number of phenolic OH excluding ortho intramolecular Hbond substituents is 1. The molecule has 1 aromatic carbocycles. The van der Waals surface area contributed by atoms with Crippen LogP contribution in [-0.4, -0.2) is 29.8 Å². The lowest BCUT2D eigenvalue weighted by Crippen LogP contribution is -2.44. The molecule has 92 valence electrons. The molecule has 1 unspecified atom stereocenters. The Morgan fingerprint density at radius 3 is 2.88 bits per heavy atom.